The third kappa shape index (κ3) is 3.43. The number of carboxylic acid groups (broad SMARTS) is 1. The van der Waals surface area contributed by atoms with E-state index in [2.05, 4.69) is 0 Å². The Balaban J connectivity index is 2.75. The summed E-state index contributed by atoms with van der Waals surface area (Å²) >= 11 is 1.53. The summed E-state index contributed by atoms with van der Waals surface area (Å²) in [6.07, 6.45) is 2.24. The second-order valence-electron chi connectivity index (χ2n) is 3.46. The van der Waals surface area contributed by atoms with E-state index < -0.39 is 12.0 Å². The predicted molar refractivity (Wildman–Crippen MR) is 63.7 cm³/mol. The van der Waals surface area contributed by atoms with Crippen LogP contribution in [0.3, 0.4) is 0 Å². The summed E-state index contributed by atoms with van der Waals surface area (Å²) in [5, 5.41) is 18.3. The van der Waals surface area contributed by atoms with Crippen molar-refractivity contribution in [3.63, 3.8) is 0 Å². The summed E-state index contributed by atoms with van der Waals surface area (Å²) in [6, 6.07) is 4.81. The fourth-order valence-electron chi connectivity index (χ4n) is 1.40. The number of phenols is 1. The Labute approximate surface area is 98.5 Å². The Hall–Kier alpha value is -1.20. The van der Waals surface area contributed by atoms with E-state index in [-0.39, 0.29) is 12.2 Å². The van der Waals surface area contributed by atoms with Crippen molar-refractivity contribution in [1.29, 1.82) is 0 Å². The van der Waals surface area contributed by atoms with Gasteiger partial charge in [-0.3, -0.25) is 4.79 Å². The summed E-state index contributed by atoms with van der Waals surface area (Å²) in [6.45, 7) is 0. The molecule has 0 saturated carbocycles. The molecule has 88 valence electrons. The van der Waals surface area contributed by atoms with Gasteiger partial charge in [0, 0.05) is 22.9 Å². The normalized spacial score (nSPS) is 12.4. The van der Waals surface area contributed by atoms with Crippen LogP contribution in [0.5, 0.6) is 5.75 Å². The molecule has 0 fully saturated rings. The Morgan fingerprint density at radius 2 is 2.25 bits per heavy atom. The molecule has 1 rings (SSSR count). The zero-order chi connectivity index (χ0) is 12.1. The maximum absolute atomic E-state index is 10.4. The van der Waals surface area contributed by atoms with Crippen LogP contribution in [0.25, 0.3) is 0 Å². The molecule has 0 radical (unpaired) electrons. The molecule has 1 atom stereocenters. The highest BCUT2D eigenvalue weighted by atomic mass is 32.2. The van der Waals surface area contributed by atoms with Crippen LogP contribution in [0.1, 0.15) is 24.4 Å². The summed E-state index contributed by atoms with van der Waals surface area (Å²) in [5.41, 5.74) is 6.40. The summed E-state index contributed by atoms with van der Waals surface area (Å²) < 4.78 is 0. The topological polar surface area (TPSA) is 83.6 Å². The van der Waals surface area contributed by atoms with Gasteiger partial charge in [-0.05, 0) is 24.8 Å². The first kappa shape index (κ1) is 12.9. The molecule has 0 spiro atoms. The average molecular weight is 241 g/mol. The predicted octanol–water partition coefficient (Wildman–Crippen LogP) is 1.98. The zero-order valence-corrected chi connectivity index (χ0v) is 9.83. The minimum atomic E-state index is -0.879. The molecule has 0 heterocycles. The molecule has 0 saturated heterocycles. The maximum Gasteiger partial charge on any atom is 0.303 e. The first-order valence-electron chi connectivity index (χ1n) is 4.89. The zero-order valence-electron chi connectivity index (χ0n) is 9.01. The molecule has 1 unspecified atom stereocenters. The van der Waals surface area contributed by atoms with E-state index in [9.17, 15) is 9.90 Å². The van der Waals surface area contributed by atoms with Crippen molar-refractivity contribution in [2.75, 3.05) is 6.26 Å². The van der Waals surface area contributed by atoms with Crippen LogP contribution in [0.15, 0.2) is 23.1 Å². The van der Waals surface area contributed by atoms with Crippen molar-refractivity contribution in [2.45, 2.75) is 23.8 Å². The van der Waals surface area contributed by atoms with Gasteiger partial charge in [0.1, 0.15) is 5.75 Å². The second kappa shape index (κ2) is 5.77. The lowest BCUT2D eigenvalue weighted by Crippen LogP contribution is -2.12. The van der Waals surface area contributed by atoms with E-state index in [1.807, 2.05) is 12.3 Å². The van der Waals surface area contributed by atoms with Crippen LogP contribution in [-0.2, 0) is 4.79 Å². The molecule has 0 amide bonds. The van der Waals surface area contributed by atoms with Crippen molar-refractivity contribution in [1.82, 2.24) is 0 Å². The monoisotopic (exact) mass is 241 g/mol. The van der Waals surface area contributed by atoms with E-state index in [0.717, 1.165) is 4.90 Å². The van der Waals surface area contributed by atoms with Gasteiger partial charge in [-0.25, -0.2) is 0 Å². The summed E-state index contributed by atoms with van der Waals surface area (Å²) in [7, 11) is 0. The molecule has 16 heavy (non-hydrogen) atoms. The van der Waals surface area contributed by atoms with Gasteiger partial charge in [0.05, 0.1) is 0 Å². The number of hydrogen-bond donors (Lipinski definition) is 3. The van der Waals surface area contributed by atoms with Crippen LogP contribution in [-0.4, -0.2) is 22.4 Å². The van der Waals surface area contributed by atoms with Gasteiger partial charge < -0.3 is 15.9 Å². The average Bonchev–Trinajstić information content (AvgIpc) is 2.25. The van der Waals surface area contributed by atoms with E-state index in [4.69, 9.17) is 10.8 Å². The second-order valence-corrected chi connectivity index (χ2v) is 4.34. The largest absolute Gasteiger partial charge is 0.508 e. The Kier molecular flexibility index (Phi) is 4.64. The standard InChI is InChI=1S/C11H15NO3S/c1-16-7-2-3-8(10(13)6-7)9(12)4-5-11(14)15/h2-3,6,9,13H,4-5,12H2,1H3,(H,14,15). The number of aliphatic carboxylic acids is 1. The van der Waals surface area contributed by atoms with Crippen LogP contribution >= 0.6 is 11.8 Å². The van der Waals surface area contributed by atoms with Gasteiger partial charge >= 0.3 is 5.97 Å². The molecular weight excluding hydrogens is 226 g/mol. The van der Waals surface area contributed by atoms with Crippen molar-refractivity contribution in [2.24, 2.45) is 5.73 Å². The van der Waals surface area contributed by atoms with Crippen LogP contribution in [0.4, 0.5) is 0 Å². The Bertz CT molecular complexity index is 381. The minimum absolute atomic E-state index is 0.00485. The van der Waals surface area contributed by atoms with E-state index in [1.165, 1.54) is 11.8 Å². The van der Waals surface area contributed by atoms with Gasteiger partial charge in [-0.15, -0.1) is 11.8 Å². The molecular formula is C11H15NO3S. The quantitative estimate of drug-likeness (QED) is 0.686. The molecule has 1 aromatic carbocycles. The number of hydrogen-bond acceptors (Lipinski definition) is 4. The molecule has 5 heteroatoms. The number of nitrogens with two attached hydrogens (primary N) is 1. The number of thioether (sulfide) groups is 1. The lowest BCUT2D eigenvalue weighted by Gasteiger charge is -2.13. The first-order valence-corrected chi connectivity index (χ1v) is 6.11. The van der Waals surface area contributed by atoms with E-state index in [0.29, 0.717) is 12.0 Å². The highest BCUT2D eigenvalue weighted by molar-refractivity contribution is 7.98. The van der Waals surface area contributed by atoms with Gasteiger partial charge in [0.2, 0.25) is 0 Å². The SMILES string of the molecule is CSc1ccc(C(N)CCC(=O)O)c(O)c1. The molecule has 0 bridgehead atoms. The van der Waals surface area contributed by atoms with Crippen molar-refractivity contribution in [3.05, 3.63) is 23.8 Å². The molecule has 0 aromatic heterocycles. The number of aromatic hydroxyl groups is 1. The lowest BCUT2D eigenvalue weighted by molar-refractivity contribution is -0.137. The fraction of sp³-hybridized carbons (Fsp3) is 0.364. The molecule has 4 nitrogen and oxygen atoms in total. The molecule has 0 aliphatic heterocycles. The fourth-order valence-corrected chi connectivity index (χ4v) is 1.83. The van der Waals surface area contributed by atoms with Crippen molar-refractivity contribution in [3.8, 4) is 5.75 Å². The molecule has 0 aliphatic carbocycles. The minimum Gasteiger partial charge on any atom is -0.508 e. The number of carbonyl (C=O) groups is 1. The van der Waals surface area contributed by atoms with Crippen LogP contribution < -0.4 is 5.73 Å². The third-order valence-electron chi connectivity index (χ3n) is 2.31. The molecule has 1 aromatic rings. The smallest absolute Gasteiger partial charge is 0.303 e. The highest BCUT2D eigenvalue weighted by Gasteiger charge is 2.12. The van der Waals surface area contributed by atoms with E-state index in [1.54, 1.807) is 12.1 Å². The number of rotatable bonds is 5. The summed E-state index contributed by atoms with van der Waals surface area (Å²) in [5.74, 6) is -0.750. The van der Waals surface area contributed by atoms with Crippen molar-refractivity contribution < 1.29 is 15.0 Å². The number of phenolic OH excluding ortho intramolecular Hbond substituents is 1. The maximum atomic E-state index is 10.4. The van der Waals surface area contributed by atoms with Crippen LogP contribution in [0, 0.1) is 0 Å². The van der Waals surface area contributed by atoms with Crippen LogP contribution in [0.2, 0.25) is 0 Å². The van der Waals surface area contributed by atoms with Gasteiger partial charge in [-0.2, -0.15) is 0 Å². The van der Waals surface area contributed by atoms with Gasteiger partial charge in [0.15, 0.2) is 0 Å². The first-order chi connectivity index (χ1) is 7.54. The van der Waals surface area contributed by atoms with Gasteiger partial charge in [0.25, 0.3) is 0 Å². The Morgan fingerprint density at radius 3 is 2.75 bits per heavy atom. The Morgan fingerprint density at radius 1 is 1.56 bits per heavy atom. The summed E-state index contributed by atoms with van der Waals surface area (Å²) in [4.78, 5) is 11.3. The molecule has 0 aliphatic rings. The number of carboxylic acids is 1. The highest BCUT2D eigenvalue weighted by Crippen LogP contribution is 2.29. The lowest BCUT2D eigenvalue weighted by atomic mass is 10.0. The van der Waals surface area contributed by atoms with E-state index >= 15 is 0 Å². The van der Waals surface area contributed by atoms with Crippen molar-refractivity contribution >= 4 is 17.7 Å². The number of benzene rings is 1. The van der Waals surface area contributed by atoms with Gasteiger partial charge in [-0.1, -0.05) is 6.07 Å². The third-order valence-corrected chi connectivity index (χ3v) is 3.03. The molecule has 4 N–H and O–H groups in total.